The predicted octanol–water partition coefficient (Wildman–Crippen LogP) is 3.91. The number of benzene rings is 2. The van der Waals surface area contributed by atoms with Crippen molar-refractivity contribution in [2.24, 2.45) is 17.8 Å². The number of nitrogens with one attached hydrogen (secondary N) is 2. The summed E-state index contributed by atoms with van der Waals surface area (Å²) < 4.78 is 0. The van der Waals surface area contributed by atoms with Gasteiger partial charge >= 0.3 is 0 Å². The highest BCUT2D eigenvalue weighted by molar-refractivity contribution is 5.91. The van der Waals surface area contributed by atoms with Crippen LogP contribution in [-0.2, 0) is 11.3 Å². The first-order chi connectivity index (χ1) is 14.7. The Hall–Kier alpha value is -3.15. The van der Waals surface area contributed by atoms with E-state index >= 15 is 0 Å². The number of anilines is 1. The Morgan fingerprint density at radius 3 is 2.50 bits per heavy atom. The Balaban J connectivity index is 1.38. The minimum atomic E-state index is -0.308. The third kappa shape index (κ3) is 3.70. The molecule has 0 radical (unpaired) electrons. The monoisotopic (exact) mass is 402 g/mol. The van der Waals surface area contributed by atoms with Crippen molar-refractivity contribution in [3.63, 3.8) is 0 Å². The van der Waals surface area contributed by atoms with Crippen LogP contribution < -0.4 is 16.3 Å². The zero-order valence-corrected chi connectivity index (χ0v) is 16.9. The van der Waals surface area contributed by atoms with Gasteiger partial charge in [0.1, 0.15) is 0 Å². The van der Waals surface area contributed by atoms with Crippen molar-refractivity contribution in [3.8, 4) is 0 Å². The van der Waals surface area contributed by atoms with Gasteiger partial charge in [0.2, 0.25) is 5.91 Å². The summed E-state index contributed by atoms with van der Waals surface area (Å²) in [5, 5.41) is 9.03. The van der Waals surface area contributed by atoms with Crippen molar-refractivity contribution in [2.75, 3.05) is 10.7 Å². The Bertz CT molecular complexity index is 1130. The average Bonchev–Trinajstić information content (AvgIpc) is 3.39. The van der Waals surface area contributed by atoms with Gasteiger partial charge in [-0.05, 0) is 48.6 Å². The van der Waals surface area contributed by atoms with Gasteiger partial charge < -0.3 is 5.32 Å². The third-order valence-electron chi connectivity index (χ3n) is 6.67. The molecule has 6 heteroatoms. The summed E-state index contributed by atoms with van der Waals surface area (Å²) in [7, 11) is 0. The molecule has 5 rings (SSSR count). The van der Waals surface area contributed by atoms with Crippen LogP contribution in [0.5, 0.6) is 0 Å². The minimum Gasteiger partial charge on any atom is -0.364 e. The maximum atomic E-state index is 12.9. The molecular formula is C24H26N4O2. The molecule has 1 heterocycles. The SMILES string of the molecule is O=C(CC1CC2CCC1C2)Nn1nc(NCc2ccccc2)c2ccccc2c1=O. The molecule has 1 aromatic heterocycles. The molecule has 2 N–H and O–H groups in total. The van der Waals surface area contributed by atoms with Crippen LogP contribution >= 0.6 is 0 Å². The number of carbonyl (C=O) groups excluding carboxylic acids is 1. The molecule has 2 fully saturated rings. The molecule has 0 saturated heterocycles. The van der Waals surface area contributed by atoms with Crippen LogP contribution in [0.25, 0.3) is 10.8 Å². The standard InChI is InChI=1S/C24H26N4O2/c29-22(14-19-13-17-10-11-18(19)12-17)26-28-24(30)21-9-5-4-8-20(21)23(27-28)25-15-16-6-2-1-3-7-16/h1-9,17-19H,10-15H2,(H,25,27)(H,26,29). The molecule has 6 nitrogen and oxygen atoms in total. The second kappa shape index (κ2) is 7.94. The number of carbonyl (C=O) groups is 1. The fourth-order valence-corrected chi connectivity index (χ4v) is 5.21. The number of hydrogen-bond acceptors (Lipinski definition) is 4. The summed E-state index contributed by atoms with van der Waals surface area (Å²) in [5.74, 6) is 2.35. The van der Waals surface area contributed by atoms with Crippen LogP contribution in [0.1, 0.15) is 37.7 Å². The summed E-state index contributed by atoms with van der Waals surface area (Å²) in [4.78, 5) is 26.7. The Morgan fingerprint density at radius 2 is 1.77 bits per heavy atom. The van der Waals surface area contributed by atoms with Crippen molar-refractivity contribution in [2.45, 2.75) is 38.6 Å². The summed E-state index contributed by atoms with van der Waals surface area (Å²) in [6.07, 6.45) is 5.42. The van der Waals surface area contributed by atoms with Crippen LogP contribution in [0.3, 0.4) is 0 Å². The van der Waals surface area contributed by atoms with Crippen molar-refractivity contribution >= 4 is 22.5 Å². The maximum absolute atomic E-state index is 12.9. The van der Waals surface area contributed by atoms with Crippen LogP contribution in [0, 0.1) is 17.8 Å². The van der Waals surface area contributed by atoms with Crippen molar-refractivity contribution in [3.05, 3.63) is 70.5 Å². The molecule has 2 saturated carbocycles. The second-order valence-electron chi connectivity index (χ2n) is 8.62. The lowest BCUT2D eigenvalue weighted by atomic mass is 9.86. The number of nitrogens with zero attached hydrogens (tertiary/aromatic N) is 2. The fraction of sp³-hybridized carbons (Fsp3) is 0.375. The topological polar surface area (TPSA) is 76.0 Å². The molecule has 0 aliphatic heterocycles. The van der Waals surface area contributed by atoms with E-state index in [0.717, 1.165) is 28.1 Å². The number of aromatic nitrogens is 2. The van der Waals surface area contributed by atoms with Crippen LogP contribution in [0.4, 0.5) is 5.82 Å². The first kappa shape index (κ1) is 18.9. The van der Waals surface area contributed by atoms with E-state index in [1.165, 1.54) is 19.3 Å². The Morgan fingerprint density at radius 1 is 1.00 bits per heavy atom. The highest BCUT2D eigenvalue weighted by Gasteiger charge is 2.40. The molecule has 1 amide bonds. The lowest BCUT2D eigenvalue weighted by Crippen LogP contribution is -2.36. The van der Waals surface area contributed by atoms with Gasteiger partial charge in [0, 0.05) is 18.4 Å². The van der Waals surface area contributed by atoms with Gasteiger partial charge in [-0.2, -0.15) is 0 Å². The average molecular weight is 402 g/mol. The zero-order valence-electron chi connectivity index (χ0n) is 16.9. The van der Waals surface area contributed by atoms with Gasteiger partial charge in [0.15, 0.2) is 5.82 Å². The van der Waals surface area contributed by atoms with Crippen molar-refractivity contribution in [1.29, 1.82) is 0 Å². The van der Waals surface area contributed by atoms with E-state index in [4.69, 9.17) is 0 Å². The van der Waals surface area contributed by atoms with Gasteiger partial charge in [-0.1, -0.05) is 55.0 Å². The van der Waals surface area contributed by atoms with Crippen LogP contribution in [-0.4, -0.2) is 15.8 Å². The zero-order chi connectivity index (χ0) is 20.5. The second-order valence-corrected chi connectivity index (χ2v) is 8.62. The summed E-state index contributed by atoms with van der Waals surface area (Å²) >= 11 is 0. The molecule has 0 spiro atoms. The number of hydrogen-bond donors (Lipinski definition) is 2. The van der Waals surface area contributed by atoms with E-state index in [0.29, 0.717) is 36.0 Å². The molecule has 3 aromatic rings. The van der Waals surface area contributed by atoms with E-state index in [1.54, 1.807) is 6.07 Å². The molecular weight excluding hydrogens is 376 g/mol. The first-order valence-electron chi connectivity index (χ1n) is 10.8. The first-order valence-corrected chi connectivity index (χ1v) is 10.8. The van der Waals surface area contributed by atoms with Gasteiger partial charge in [-0.25, -0.2) is 5.43 Å². The lowest BCUT2D eigenvalue weighted by Gasteiger charge is -2.21. The van der Waals surface area contributed by atoms with Gasteiger partial charge in [-0.15, -0.1) is 9.89 Å². The fourth-order valence-electron chi connectivity index (χ4n) is 5.21. The molecule has 3 unspecified atom stereocenters. The van der Waals surface area contributed by atoms with Crippen LogP contribution in [0.2, 0.25) is 0 Å². The minimum absolute atomic E-state index is 0.133. The summed E-state index contributed by atoms with van der Waals surface area (Å²) in [6.45, 7) is 0.578. The number of fused-ring (bicyclic) bond motifs is 3. The van der Waals surface area contributed by atoms with Gasteiger partial charge in [0.25, 0.3) is 5.56 Å². The highest BCUT2D eigenvalue weighted by atomic mass is 16.2. The quantitative estimate of drug-likeness (QED) is 0.656. The normalized spacial score (nSPS) is 22.3. The maximum Gasteiger partial charge on any atom is 0.294 e. The number of rotatable bonds is 6. The third-order valence-corrected chi connectivity index (χ3v) is 6.67. The molecule has 2 aliphatic carbocycles. The smallest absolute Gasteiger partial charge is 0.294 e. The Kier molecular flexibility index (Phi) is 4.99. The summed E-state index contributed by atoms with van der Waals surface area (Å²) in [5.41, 5.74) is 3.55. The van der Waals surface area contributed by atoms with E-state index in [1.807, 2.05) is 48.5 Å². The van der Waals surface area contributed by atoms with E-state index in [-0.39, 0.29) is 11.5 Å². The molecule has 154 valence electrons. The van der Waals surface area contributed by atoms with Crippen molar-refractivity contribution < 1.29 is 4.79 Å². The molecule has 2 bridgehead atoms. The lowest BCUT2D eigenvalue weighted by molar-refractivity contribution is -0.118. The van der Waals surface area contributed by atoms with E-state index in [2.05, 4.69) is 15.8 Å². The Labute approximate surface area is 175 Å². The van der Waals surface area contributed by atoms with Crippen LogP contribution in [0.15, 0.2) is 59.4 Å². The van der Waals surface area contributed by atoms with E-state index in [9.17, 15) is 9.59 Å². The van der Waals surface area contributed by atoms with Gasteiger partial charge in [-0.3, -0.25) is 9.59 Å². The summed E-state index contributed by atoms with van der Waals surface area (Å²) in [6, 6.07) is 17.4. The molecule has 30 heavy (non-hydrogen) atoms. The number of amides is 1. The molecule has 3 atom stereocenters. The largest absolute Gasteiger partial charge is 0.364 e. The van der Waals surface area contributed by atoms with Gasteiger partial charge in [0.05, 0.1) is 5.39 Å². The molecule has 2 aliphatic rings. The highest BCUT2D eigenvalue weighted by Crippen LogP contribution is 2.49. The molecule has 2 aromatic carbocycles. The van der Waals surface area contributed by atoms with E-state index < -0.39 is 0 Å². The van der Waals surface area contributed by atoms with Crippen molar-refractivity contribution in [1.82, 2.24) is 9.89 Å². The predicted molar refractivity (Wildman–Crippen MR) is 118 cm³/mol.